The first-order valence-electron chi connectivity index (χ1n) is 9.85. The highest BCUT2D eigenvalue weighted by Crippen LogP contribution is 2.34. The Morgan fingerprint density at radius 1 is 1.07 bits per heavy atom. The number of hydrogen-bond acceptors (Lipinski definition) is 2. The van der Waals surface area contributed by atoms with Crippen molar-refractivity contribution in [2.24, 2.45) is 5.92 Å². The minimum atomic E-state index is -1.25. The van der Waals surface area contributed by atoms with Crippen LogP contribution in [0.2, 0.25) is 0 Å². The fraction of sp³-hybridized carbons (Fsp3) is 0.318. The molecule has 1 aromatic heterocycles. The fourth-order valence-corrected chi connectivity index (χ4v) is 4.65. The standard InChI is InChI=1S/C22H23N3O2S/c26-22(23-17-8-9-17)21-13-16-12-18(10-11-20(16)24-21)25(14-15-6-7-15)28(27)19-4-2-1-3-5-19/h1-5,10-13,15,17,24H,6-9,14H2,(H,23,26). The third-order valence-corrected chi connectivity index (χ3v) is 6.75. The van der Waals surface area contributed by atoms with Crippen molar-refractivity contribution in [2.75, 3.05) is 10.8 Å². The van der Waals surface area contributed by atoms with E-state index in [1.165, 1.54) is 12.8 Å². The van der Waals surface area contributed by atoms with Crippen molar-refractivity contribution < 1.29 is 9.00 Å². The molecule has 5 nitrogen and oxygen atoms in total. The second-order valence-corrected chi connectivity index (χ2v) is 9.18. The third-order valence-electron chi connectivity index (χ3n) is 5.32. The van der Waals surface area contributed by atoms with Gasteiger partial charge in [0.1, 0.15) is 5.69 Å². The zero-order valence-electron chi connectivity index (χ0n) is 15.6. The van der Waals surface area contributed by atoms with Gasteiger partial charge in [0, 0.05) is 23.5 Å². The van der Waals surface area contributed by atoms with Crippen LogP contribution in [-0.4, -0.2) is 27.7 Å². The molecule has 2 saturated carbocycles. The van der Waals surface area contributed by atoms with Gasteiger partial charge in [-0.25, -0.2) is 4.21 Å². The van der Waals surface area contributed by atoms with Gasteiger partial charge >= 0.3 is 0 Å². The predicted molar refractivity (Wildman–Crippen MR) is 112 cm³/mol. The van der Waals surface area contributed by atoms with Crippen LogP contribution in [0, 0.1) is 5.92 Å². The number of nitrogens with zero attached hydrogens (tertiary/aromatic N) is 1. The molecule has 1 atom stereocenters. The van der Waals surface area contributed by atoms with E-state index >= 15 is 0 Å². The summed E-state index contributed by atoms with van der Waals surface area (Å²) in [5, 5.41) is 3.98. The lowest BCUT2D eigenvalue weighted by Crippen LogP contribution is -2.28. The van der Waals surface area contributed by atoms with E-state index in [1.54, 1.807) is 0 Å². The lowest BCUT2D eigenvalue weighted by molar-refractivity contribution is 0.0947. The molecule has 2 N–H and O–H groups in total. The Bertz CT molecular complexity index is 1040. The third kappa shape index (κ3) is 3.69. The topological polar surface area (TPSA) is 65.2 Å². The maximum Gasteiger partial charge on any atom is 0.267 e. The molecule has 28 heavy (non-hydrogen) atoms. The molecule has 2 aromatic carbocycles. The summed E-state index contributed by atoms with van der Waals surface area (Å²) in [6.45, 7) is 0.784. The van der Waals surface area contributed by atoms with Crippen LogP contribution < -0.4 is 9.62 Å². The number of H-pyrrole nitrogens is 1. The van der Waals surface area contributed by atoms with Crippen LogP contribution in [0.25, 0.3) is 10.9 Å². The lowest BCUT2D eigenvalue weighted by atomic mass is 10.2. The van der Waals surface area contributed by atoms with Gasteiger partial charge in [0.25, 0.3) is 5.91 Å². The van der Waals surface area contributed by atoms with E-state index in [9.17, 15) is 9.00 Å². The van der Waals surface area contributed by atoms with E-state index in [2.05, 4.69) is 10.3 Å². The van der Waals surface area contributed by atoms with Gasteiger partial charge < -0.3 is 10.3 Å². The first-order chi connectivity index (χ1) is 13.7. The summed E-state index contributed by atoms with van der Waals surface area (Å²) in [5.74, 6) is 0.553. The van der Waals surface area contributed by atoms with Gasteiger partial charge in [-0.05, 0) is 68.0 Å². The number of fused-ring (bicyclic) bond motifs is 1. The smallest absolute Gasteiger partial charge is 0.267 e. The second kappa shape index (κ2) is 7.09. The molecule has 5 rings (SSSR count). The van der Waals surface area contributed by atoms with E-state index in [1.807, 2.05) is 58.9 Å². The van der Waals surface area contributed by atoms with Crippen molar-refractivity contribution in [3.05, 3.63) is 60.3 Å². The summed E-state index contributed by atoms with van der Waals surface area (Å²) in [7, 11) is -1.25. The van der Waals surface area contributed by atoms with Crippen LogP contribution in [0.15, 0.2) is 59.5 Å². The van der Waals surface area contributed by atoms with Crippen LogP contribution in [0.3, 0.4) is 0 Å². The highest BCUT2D eigenvalue weighted by atomic mass is 32.2. The number of nitrogens with one attached hydrogen (secondary N) is 2. The van der Waals surface area contributed by atoms with Crippen molar-refractivity contribution >= 4 is 33.5 Å². The zero-order valence-corrected chi connectivity index (χ0v) is 16.4. The Kier molecular flexibility index (Phi) is 4.43. The van der Waals surface area contributed by atoms with Gasteiger partial charge in [0.15, 0.2) is 11.0 Å². The first kappa shape index (κ1) is 17.5. The molecule has 1 unspecified atom stereocenters. The summed E-state index contributed by atoms with van der Waals surface area (Å²) in [5.41, 5.74) is 2.42. The largest absolute Gasteiger partial charge is 0.351 e. The van der Waals surface area contributed by atoms with Gasteiger partial charge in [-0.3, -0.25) is 9.10 Å². The molecule has 2 aliphatic rings. The number of carbonyl (C=O) groups is 1. The molecule has 0 spiro atoms. The molecule has 6 heteroatoms. The van der Waals surface area contributed by atoms with Crippen molar-refractivity contribution in [1.82, 2.24) is 10.3 Å². The van der Waals surface area contributed by atoms with Crippen LogP contribution in [0.5, 0.6) is 0 Å². The molecule has 0 radical (unpaired) electrons. The van der Waals surface area contributed by atoms with Gasteiger partial charge in [0.2, 0.25) is 0 Å². The number of aromatic nitrogens is 1. The van der Waals surface area contributed by atoms with E-state index < -0.39 is 11.0 Å². The molecule has 3 aromatic rings. The normalized spacial score (nSPS) is 17.4. The number of aromatic amines is 1. The van der Waals surface area contributed by atoms with E-state index in [0.29, 0.717) is 17.7 Å². The van der Waals surface area contributed by atoms with Gasteiger partial charge in [-0.2, -0.15) is 0 Å². The summed E-state index contributed by atoms with van der Waals surface area (Å²) < 4.78 is 15.2. The van der Waals surface area contributed by atoms with E-state index in [4.69, 9.17) is 0 Å². The van der Waals surface area contributed by atoms with Gasteiger partial charge in [0.05, 0.1) is 10.6 Å². The average molecular weight is 394 g/mol. The Balaban J connectivity index is 1.45. The first-order valence-corrected chi connectivity index (χ1v) is 11.0. The van der Waals surface area contributed by atoms with Crippen molar-refractivity contribution in [3.8, 4) is 0 Å². The fourth-order valence-electron chi connectivity index (χ4n) is 3.36. The molecule has 1 heterocycles. The maximum absolute atomic E-state index is 13.3. The maximum atomic E-state index is 13.3. The van der Waals surface area contributed by atoms with Crippen LogP contribution in [0.1, 0.15) is 36.2 Å². The molecular weight excluding hydrogens is 370 g/mol. The summed E-state index contributed by atoms with van der Waals surface area (Å²) in [4.78, 5) is 16.3. The van der Waals surface area contributed by atoms with Crippen molar-refractivity contribution in [2.45, 2.75) is 36.6 Å². The van der Waals surface area contributed by atoms with E-state index in [-0.39, 0.29) is 5.91 Å². The molecule has 0 saturated heterocycles. The Morgan fingerprint density at radius 3 is 2.57 bits per heavy atom. The minimum absolute atomic E-state index is 0.0528. The molecule has 2 aliphatic carbocycles. The Morgan fingerprint density at radius 2 is 1.86 bits per heavy atom. The SMILES string of the molecule is O=C(NC1CC1)c1cc2cc(N(CC3CC3)S(=O)c3ccccc3)ccc2[nH]1. The number of carbonyl (C=O) groups excluding carboxylic acids is 1. The van der Waals surface area contributed by atoms with Crippen LogP contribution in [0.4, 0.5) is 5.69 Å². The quantitative estimate of drug-likeness (QED) is 0.637. The Labute approximate surface area is 166 Å². The Hall–Kier alpha value is -2.60. The van der Waals surface area contributed by atoms with Gasteiger partial charge in [-0.15, -0.1) is 0 Å². The highest BCUT2D eigenvalue weighted by Gasteiger charge is 2.28. The summed E-state index contributed by atoms with van der Waals surface area (Å²) >= 11 is 0. The molecule has 144 valence electrons. The number of benzene rings is 2. The molecule has 0 aliphatic heterocycles. The predicted octanol–water partition coefficient (Wildman–Crippen LogP) is 4.00. The number of anilines is 1. The van der Waals surface area contributed by atoms with Crippen LogP contribution >= 0.6 is 0 Å². The average Bonchev–Trinajstić information content (AvgIpc) is 3.65. The monoisotopic (exact) mass is 393 g/mol. The number of rotatable bonds is 7. The second-order valence-electron chi connectivity index (χ2n) is 7.77. The molecule has 1 amide bonds. The lowest BCUT2D eigenvalue weighted by Gasteiger charge is -2.23. The van der Waals surface area contributed by atoms with E-state index in [0.717, 1.165) is 40.9 Å². The van der Waals surface area contributed by atoms with Gasteiger partial charge in [-0.1, -0.05) is 18.2 Å². The molecular formula is C22H23N3O2S. The van der Waals surface area contributed by atoms with Crippen LogP contribution in [-0.2, 0) is 11.0 Å². The van der Waals surface area contributed by atoms with Crippen molar-refractivity contribution in [3.63, 3.8) is 0 Å². The van der Waals surface area contributed by atoms with Crippen molar-refractivity contribution in [1.29, 1.82) is 0 Å². The molecule has 2 fully saturated rings. The zero-order chi connectivity index (χ0) is 19.1. The molecule has 0 bridgehead atoms. The number of hydrogen-bond donors (Lipinski definition) is 2. The number of amides is 1. The minimum Gasteiger partial charge on any atom is -0.351 e. The summed E-state index contributed by atoms with van der Waals surface area (Å²) in [6, 6.07) is 17.8. The summed E-state index contributed by atoms with van der Waals surface area (Å²) in [6.07, 6.45) is 4.52. The highest BCUT2D eigenvalue weighted by molar-refractivity contribution is 7.86.